The van der Waals surface area contributed by atoms with Gasteiger partial charge in [0.2, 0.25) is 0 Å². The van der Waals surface area contributed by atoms with Crippen LogP contribution in [0.3, 0.4) is 0 Å². The number of imidazole rings is 1. The number of hydrogen-bond acceptors (Lipinski definition) is 5. The van der Waals surface area contributed by atoms with E-state index in [4.69, 9.17) is 17.3 Å². The summed E-state index contributed by atoms with van der Waals surface area (Å²) in [6.45, 7) is 2.05. The molecule has 0 saturated heterocycles. The lowest BCUT2D eigenvalue weighted by Crippen LogP contribution is -2.18. The minimum atomic E-state index is -0.373. The van der Waals surface area contributed by atoms with E-state index in [1.807, 2.05) is 55.1 Å². The maximum Gasteiger partial charge on any atom is 0.251 e. The summed E-state index contributed by atoms with van der Waals surface area (Å²) in [4.78, 5) is 21.8. The Labute approximate surface area is 200 Å². The van der Waals surface area contributed by atoms with Gasteiger partial charge in [0.1, 0.15) is 0 Å². The molecule has 5 aromatic rings. The predicted molar refractivity (Wildman–Crippen MR) is 136 cm³/mol. The lowest BCUT2D eigenvalue weighted by Gasteiger charge is -2.15. The van der Waals surface area contributed by atoms with Crippen LogP contribution in [0.15, 0.2) is 77.6 Å². The molecule has 33 heavy (non-hydrogen) atoms. The lowest BCUT2D eigenvalue weighted by molar-refractivity contribution is 0.827. The van der Waals surface area contributed by atoms with Gasteiger partial charge < -0.3 is 14.9 Å². The summed E-state index contributed by atoms with van der Waals surface area (Å²) in [6, 6.07) is 12.8. The second-order valence-corrected chi connectivity index (χ2v) is 9.17. The molecule has 6 nitrogen and oxygen atoms in total. The first-order chi connectivity index (χ1) is 15.8. The van der Waals surface area contributed by atoms with E-state index in [-0.39, 0.29) is 11.6 Å². The van der Waals surface area contributed by atoms with E-state index >= 15 is 0 Å². The molecular weight excluding hydrogens is 454 g/mol. The molecule has 0 saturated carbocycles. The highest BCUT2D eigenvalue weighted by molar-refractivity contribution is 7.13. The van der Waals surface area contributed by atoms with Gasteiger partial charge in [-0.1, -0.05) is 23.7 Å². The normalized spacial score (nSPS) is 11.8. The van der Waals surface area contributed by atoms with Crippen LogP contribution in [0.1, 0.15) is 22.9 Å². The van der Waals surface area contributed by atoms with Crippen molar-refractivity contribution in [3.8, 4) is 10.4 Å². The van der Waals surface area contributed by atoms with Gasteiger partial charge in [-0.05, 0) is 47.7 Å². The number of nitrogens with two attached hydrogens (primary N) is 1. The van der Waals surface area contributed by atoms with E-state index in [1.54, 1.807) is 47.7 Å². The molecule has 0 amide bonds. The molecule has 5 rings (SSSR count). The molecule has 0 spiro atoms. The third-order valence-electron chi connectivity index (χ3n) is 5.33. The number of halogens is 1. The molecule has 0 aliphatic carbocycles. The first kappa shape index (κ1) is 22.9. The second-order valence-electron chi connectivity index (χ2n) is 7.83. The van der Waals surface area contributed by atoms with E-state index in [0.29, 0.717) is 5.02 Å². The first-order valence-electron chi connectivity index (χ1n) is 10.3. The van der Waals surface area contributed by atoms with Gasteiger partial charge in [0.25, 0.3) is 5.56 Å². The van der Waals surface area contributed by atoms with Crippen LogP contribution in [0, 0.1) is 6.92 Å². The highest BCUT2D eigenvalue weighted by Crippen LogP contribution is 2.33. The van der Waals surface area contributed by atoms with Gasteiger partial charge in [-0.15, -0.1) is 11.3 Å². The predicted octanol–water partition coefficient (Wildman–Crippen LogP) is 5.09. The lowest BCUT2D eigenvalue weighted by atomic mass is 10.0. The average molecular weight is 478 g/mol. The Balaban J connectivity index is 0.000000376. The van der Waals surface area contributed by atoms with Gasteiger partial charge in [0.15, 0.2) is 0 Å². The maximum atomic E-state index is 12.4. The third-order valence-corrected chi connectivity index (χ3v) is 6.67. The minimum absolute atomic E-state index is 0.0555. The summed E-state index contributed by atoms with van der Waals surface area (Å²) in [5.74, 6) is 0. The number of thiophene rings is 1. The van der Waals surface area contributed by atoms with Crippen LogP contribution in [0.25, 0.3) is 21.3 Å². The smallest absolute Gasteiger partial charge is 0.251 e. The van der Waals surface area contributed by atoms with Crippen LogP contribution < -0.4 is 11.3 Å². The number of aromatic nitrogens is 4. The molecule has 2 N–H and O–H groups in total. The molecular formula is C25H24ClN5OS. The van der Waals surface area contributed by atoms with E-state index in [9.17, 15) is 4.79 Å². The van der Waals surface area contributed by atoms with Crippen molar-refractivity contribution in [3.05, 3.63) is 105 Å². The fourth-order valence-corrected chi connectivity index (χ4v) is 4.53. The highest BCUT2D eigenvalue weighted by Gasteiger charge is 2.15. The van der Waals surface area contributed by atoms with Crippen LogP contribution in [0.2, 0.25) is 5.02 Å². The fraction of sp³-hybridized carbons (Fsp3) is 0.160. The van der Waals surface area contributed by atoms with Crippen molar-refractivity contribution in [1.82, 2.24) is 19.1 Å². The number of hydrogen-bond donors (Lipinski definition) is 1. The van der Waals surface area contributed by atoms with E-state index in [0.717, 1.165) is 32.6 Å². The Morgan fingerprint density at radius 2 is 1.88 bits per heavy atom. The van der Waals surface area contributed by atoms with Gasteiger partial charge in [0, 0.05) is 53.4 Å². The van der Waals surface area contributed by atoms with Crippen LogP contribution in [0.5, 0.6) is 0 Å². The molecule has 0 aliphatic heterocycles. The quantitative estimate of drug-likeness (QED) is 0.392. The molecule has 0 radical (unpaired) electrons. The van der Waals surface area contributed by atoms with Gasteiger partial charge in [-0.25, -0.2) is 4.98 Å². The zero-order valence-corrected chi connectivity index (χ0v) is 20.1. The fourth-order valence-electron chi connectivity index (χ4n) is 3.48. The standard InChI is InChI=1S/C21H18ClN3OS.C4H6N2/c1-12-7-19(27-11-12)16-9-20(26)25(2)18-10-24-17(8-15(16)18)21(23)13-3-5-14(22)6-4-13;1-6-3-2-5-4-6/h3-11,21H,23H2,1-2H3;2-4H,1H3. The second kappa shape index (κ2) is 9.70. The molecule has 1 atom stereocenters. The van der Waals surface area contributed by atoms with Crippen molar-refractivity contribution in [2.24, 2.45) is 19.8 Å². The van der Waals surface area contributed by atoms with E-state index in [2.05, 4.69) is 21.4 Å². The summed E-state index contributed by atoms with van der Waals surface area (Å²) in [7, 11) is 3.70. The molecule has 1 aromatic carbocycles. The van der Waals surface area contributed by atoms with Gasteiger partial charge in [-0.2, -0.15) is 0 Å². The molecule has 1 unspecified atom stereocenters. The van der Waals surface area contributed by atoms with E-state index < -0.39 is 0 Å². The number of fused-ring (bicyclic) bond motifs is 1. The van der Waals surface area contributed by atoms with Gasteiger partial charge in [0.05, 0.1) is 29.8 Å². The SMILES string of the molecule is Cc1csc(-c2cc(=O)n(C)c3cnc(C(N)c4ccc(Cl)cc4)cc23)c1.Cn1ccnc1. The highest BCUT2D eigenvalue weighted by atomic mass is 35.5. The molecule has 0 bridgehead atoms. The van der Waals surface area contributed by atoms with Crippen LogP contribution in [-0.2, 0) is 14.1 Å². The van der Waals surface area contributed by atoms with Crippen molar-refractivity contribution in [2.75, 3.05) is 0 Å². The number of nitrogens with zero attached hydrogens (tertiary/aromatic N) is 4. The molecule has 8 heteroatoms. The van der Waals surface area contributed by atoms with Gasteiger partial charge >= 0.3 is 0 Å². The Kier molecular flexibility index (Phi) is 6.74. The maximum absolute atomic E-state index is 12.4. The summed E-state index contributed by atoms with van der Waals surface area (Å²) < 4.78 is 3.50. The summed E-state index contributed by atoms with van der Waals surface area (Å²) >= 11 is 7.61. The number of benzene rings is 1. The number of aryl methyl sites for hydroxylation is 3. The summed E-state index contributed by atoms with van der Waals surface area (Å²) in [5, 5.41) is 3.72. The minimum Gasteiger partial charge on any atom is -0.341 e. The Hall–Kier alpha value is -3.26. The molecule has 0 fully saturated rings. The van der Waals surface area contributed by atoms with Gasteiger partial charge in [-0.3, -0.25) is 9.78 Å². The average Bonchev–Trinajstić information content (AvgIpc) is 3.47. The topological polar surface area (TPSA) is 78.7 Å². The van der Waals surface area contributed by atoms with Crippen LogP contribution >= 0.6 is 22.9 Å². The Morgan fingerprint density at radius 1 is 1.12 bits per heavy atom. The zero-order chi connectivity index (χ0) is 23.5. The van der Waals surface area contributed by atoms with Crippen molar-refractivity contribution >= 4 is 33.8 Å². The van der Waals surface area contributed by atoms with Crippen molar-refractivity contribution in [2.45, 2.75) is 13.0 Å². The van der Waals surface area contributed by atoms with Crippen molar-refractivity contribution in [3.63, 3.8) is 0 Å². The molecule has 168 valence electrons. The summed E-state index contributed by atoms with van der Waals surface area (Å²) in [6.07, 6.45) is 7.12. The molecule has 4 heterocycles. The van der Waals surface area contributed by atoms with Crippen LogP contribution in [-0.4, -0.2) is 19.1 Å². The Morgan fingerprint density at radius 3 is 2.45 bits per heavy atom. The Bertz CT molecular complexity index is 1440. The zero-order valence-electron chi connectivity index (χ0n) is 18.6. The summed E-state index contributed by atoms with van der Waals surface area (Å²) in [5.41, 5.74) is 11.0. The molecule has 4 aromatic heterocycles. The van der Waals surface area contributed by atoms with Crippen LogP contribution in [0.4, 0.5) is 0 Å². The van der Waals surface area contributed by atoms with E-state index in [1.165, 1.54) is 5.56 Å². The van der Waals surface area contributed by atoms with Crippen molar-refractivity contribution < 1.29 is 0 Å². The first-order valence-corrected chi connectivity index (χ1v) is 11.6. The van der Waals surface area contributed by atoms with Crippen molar-refractivity contribution in [1.29, 1.82) is 0 Å². The number of pyridine rings is 2. The molecule has 0 aliphatic rings. The third kappa shape index (κ3) is 5.06. The largest absolute Gasteiger partial charge is 0.341 e. The number of rotatable bonds is 3. The monoisotopic (exact) mass is 477 g/mol.